The summed E-state index contributed by atoms with van der Waals surface area (Å²) >= 11 is 0. The average molecular weight is 126 g/mol. The molecule has 1 fully saturated rings. The minimum absolute atomic E-state index is 0. The number of alkyl halides is 1. The standard InChI is InChI=1S/C4H8FN.ClH/c5-4-2-1-3-6-4;/h4,6H,1-3H2;1H/t4-;/m1./s1. The average Bonchev–Trinajstić information content (AvgIpc) is 1.86. The summed E-state index contributed by atoms with van der Waals surface area (Å²) in [6, 6.07) is 0. The van der Waals surface area contributed by atoms with E-state index in [0.29, 0.717) is 6.42 Å². The molecule has 1 aliphatic rings. The minimum atomic E-state index is -0.704. The van der Waals surface area contributed by atoms with Crippen LogP contribution in [-0.2, 0) is 0 Å². The van der Waals surface area contributed by atoms with E-state index in [1.54, 1.807) is 0 Å². The lowest BCUT2D eigenvalue weighted by Gasteiger charge is -1.90. The van der Waals surface area contributed by atoms with Gasteiger partial charge in [-0.15, -0.1) is 12.4 Å². The van der Waals surface area contributed by atoms with Gasteiger partial charge in [-0.25, -0.2) is 4.39 Å². The smallest absolute Gasteiger partial charge is 0.151 e. The van der Waals surface area contributed by atoms with E-state index in [-0.39, 0.29) is 12.4 Å². The van der Waals surface area contributed by atoms with E-state index >= 15 is 0 Å². The van der Waals surface area contributed by atoms with E-state index < -0.39 is 6.30 Å². The maximum Gasteiger partial charge on any atom is 0.151 e. The van der Waals surface area contributed by atoms with Crippen LogP contribution in [0.5, 0.6) is 0 Å². The van der Waals surface area contributed by atoms with Crippen molar-refractivity contribution in [1.82, 2.24) is 5.32 Å². The Morgan fingerprint density at radius 1 is 1.57 bits per heavy atom. The van der Waals surface area contributed by atoms with Crippen molar-refractivity contribution in [2.75, 3.05) is 6.54 Å². The molecule has 1 N–H and O–H groups in total. The van der Waals surface area contributed by atoms with Gasteiger partial charge in [0.2, 0.25) is 0 Å². The molecule has 1 aliphatic heterocycles. The van der Waals surface area contributed by atoms with E-state index in [1.165, 1.54) is 0 Å². The first-order valence-corrected chi connectivity index (χ1v) is 2.27. The molecule has 0 aromatic rings. The van der Waals surface area contributed by atoms with Gasteiger partial charge in [-0.05, 0) is 19.4 Å². The van der Waals surface area contributed by atoms with Crippen molar-refractivity contribution in [3.8, 4) is 0 Å². The molecule has 0 aliphatic carbocycles. The summed E-state index contributed by atoms with van der Waals surface area (Å²) in [6.45, 7) is 0.862. The summed E-state index contributed by atoms with van der Waals surface area (Å²) in [6.07, 6.45) is 1.01. The Morgan fingerprint density at radius 3 is 2.43 bits per heavy atom. The molecule has 3 heteroatoms. The Balaban J connectivity index is 0.000000360. The number of hydrogen-bond donors (Lipinski definition) is 1. The van der Waals surface area contributed by atoms with Gasteiger partial charge in [-0.3, -0.25) is 5.32 Å². The van der Waals surface area contributed by atoms with Gasteiger partial charge in [-0.2, -0.15) is 0 Å². The second-order valence-corrected chi connectivity index (χ2v) is 1.56. The van der Waals surface area contributed by atoms with Crippen LogP contribution in [0.3, 0.4) is 0 Å². The van der Waals surface area contributed by atoms with Crippen molar-refractivity contribution in [1.29, 1.82) is 0 Å². The summed E-state index contributed by atoms with van der Waals surface area (Å²) in [4.78, 5) is 0. The molecule has 1 saturated heterocycles. The summed E-state index contributed by atoms with van der Waals surface area (Å²) in [5.41, 5.74) is 0. The lowest BCUT2D eigenvalue weighted by atomic mass is 10.4. The first kappa shape index (κ1) is 7.18. The van der Waals surface area contributed by atoms with Crippen LogP contribution in [0.2, 0.25) is 0 Å². The molecule has 0 unspecified atom stereocenters. The van der Waals surface area contributed by atoms with Crippen LogP contribution in [0.4, 0.5) is 4.39 Å². The Hall–Kier alpha value is 0.180. The number of nitrogens with one attached hydrogen (secondary N) is 1. The second-order valence-electron chi connectivity index (χ2n) is 1.56. The SMILES string of the molecule is Cl.F[C@H]1CCCN1. The first-order chi connectivity index (χ1) is 2.89. The van der Waals surface area contributed by atoms with Crippen LogP contribution in [0.15, 0.2) is 0 Å². The van der Waals surface area contributed by atoms with Crippen molar-refractivity contribution in [3.63, 3.8) is 0 Å². The Labute approximate surface area is 48.7 Å². The van der Waals surface area contributed by atoms with Gasteiger partial charge in [-0.1, -0.05) is 0 Å². The van der Waals surface area contributed by atoms with Crippen molar-refractivity contribution in [2.24, 2.45) is 0 Å². The zero-order valence-corrected chi connectivity index (χ0v) is 4.80. The van der Waals surface area contributed by atoms with Gasteiger partial charge in [0.15, 0.2) is 6.30 Å². The van der Waals surface area contributed by atoms with Crippen LogP contribution in [0, 0.1) is 0 Å². The molecule has 0 amide bonds. The Kier molecular flexibility index (Phi) is 3.30. The molecule has 0 aromatic heterocycles. The second kappa shape index (κ2) is 3.22. The molecule has 0 spiro atoms. The number of hydrogen-bond acceptors (Lipinski definition) is 1. The fraction of sp³-hybridized carbons (Fsp3) is 1.00. The van der Waals surface area contributed by atoms with Crippen LogP contribution in [0.25, 0.3) is 0 Å². The van der Waals surface area contributed by atoms with Crippen molar-refractivity contribution < 1.29 is 4.39 Å². The fourth-order valence-corrected chi connectivity index (χ4v) is 0.642. The third-order valence-electron chi connectivity index (χ3n) is 1.00. The third-order valence-corrected chi connectivity index (χ3v) is 1.00. The summed E-state index contributed by atoms with van der Waals surface area (Å²) in [7, 11) is 0. The van der Waals surface area contributed by atoms with Gasteiger partial charge in [0.05, 0.1) is 0 Å². The van der Waals surface area contributed by atoms with Crippen LogP contribution >= 0.6 is 12.4 Å². The third kappa shape index (κ3) is 2.09. The normalized spacial score (nSPS) is 29.6. The highest BCUT2D eigenvalue weighted by atomic mass is 35.5. The molecule has 1 atom stereocenters. The van der Waals surface area contributed by atoms with Crippen molar-refractivity contribution in [2.45, 2.75) is 19.1 Å². The summed E-state index contributed by atoms with van der Waals surface area (Å²) in [5.74, 6) is 0. The molecule has 0 radical (unpaired) electrons. The molecule has 0 aromatic carbocycles. The van der Waals surface area contributed by atoms with E-state index in [2.05, 4.69) is 5.32 Å². The van der Waals surface area contributed by atoms with Crippen molar-refractivity contribution in [3.05, 3.63) is 0 Å². The predicted octanol–water partition coefficient (Wildman–Crippen LogP) is 1.09. The topological polar surface area (TPSA) is 12.0 Å². The van der Waals surface area contributed by atoms with E-state index in [4.69, 9.17) is 0 Å². The zero-order chi connectivity index (χ0) is 4.41. The van der Waals surface area contributed by atoms with Gasteiger partial charge < -0.3 is 0 Å². The first-order valence-electron chi connectivity index (χ1n) is 2.27. The van der Waals surface area contributed by atoms with Gasteiger partial charge >= 0.3 is 0 Å². The molecule has 0 bridgehead atoms. The summed E-state index contributed by atoms with van der Waals surface area (Å²) < 4.78 is 11.8. The molecule has 7 heavy (non-hydrogen) atoms. The molecular weight excluding hydrogens is 117 g/mol. The highest BCUT2D eigenvalue weighted by Crippen LogP contribution is 2.03. The lowest BCUT2D eigenvalue weighted by Crippen LogP contribution is -2.14. The molecule has 1 rings (SSSR count). The van der Waals surface area contributed by atoms with E-state index in [9.17, 15) is 4.39 Å². The Morgan fingerprint density at radius 2 is 2.29 bits per heavy atom. The lowest BCUT2D eigenvalue weighted by molar-refractivity contribution is 0.311. The van der Waals surface area contributed by atoms with Gasteiger partial charge in [0.1, 0.15) is 0 Å². The summed E-state index contributed by atoms with van der Waals surface area (Å²) in [5, 5.41) is 2.65. The number of halogens is 2. The van der Waals surface area contributed by atoms with Gasteiger partial charge in [0.25, 0.3) is 0 Å². The minimum Gasteiger partial charge on any atom is -0.288 e. The molecular formula is C4H9ClFN. The van der Waals surface area contributed by atoms with Crippen LogP contribution < -0.4 is 5.32 Å². The van der Waals surface area contributed by atoms with Crippen LogP contribution in [-0.4, -0.2) is 12.8 Å². The maximum absolute atomic E-state index is 11.8. The monoisotopic (exact) mass is 125 g/mol. The zero-order valence-electron chi connectivity index (χ0n) is 3.98. The maximum atomic E-state index is 11.8. The van der Waals surface area contributed by atoms with Crippen LogP contribution in [0.1, 0.15) is 12.8 Å². The number of rotatable bonds is 0. The van der Waals surface area contributed by atoms with Gasteiger partial charge in [0, 0.05) is 0 Å². The highest BCUT2D eigenvalue weighted by molar-refractivity contribution is 5.85. The largest absolute Gasteiger partial charge is 0.288 e. The molecule has 1 nitrogen and oxygen atoms in total. The molecule has 1 heterocycles. The molecule has 0 saturated carbocycles. The molecule has 44 valence electrons. The van der Waals surface area contributed by atoms with E-state index in [0.717, 1.165) is 13.0 Å². The highest BCUT2D eigenvalue weighted by Gasteiger charge is 2.09. The van der Waals surface area contributed by atoms with E-state index in [1.807, 2.05) is 0 Å². The van der Waals surface area contributed by atoms with Crippen molar-refractivity contribution >= 4 is 12.4 Å². The Bertz CT molecular complexity index is 45.0. The quantitative estimate of drug-likeness (QED) is 0.478. The predicted molar refractivity (Wildman–Crippen MR) is 29.4 cm³/mol. The fourth-order valence-electron chi connectivity index (χ4n) is 0.642.